The van der Waals surface area contributed by atoms with E-state index in [4.69, 9.17) is 25.8 Å². The number of nitriles is 1. The number of hydrogen-bond donors (Lipinski definition) is 3. The summed E-state index contributed by atoms with van der Waals surface area (Å²) in [6, 6.07) is 16.9. The van der Waals surface area contributed by atoms with Crippen LogP contribution in [0, 0.1) is 17.1 Å². The number of methoxy groups -OCH3 is 1. The lowest BCUT2D eigenvalue weighted by Gasteiger charge is -2.17. The van der Waals surface area contributed by atoms with Gasteiger partial charge >= 0.3 is 0 Å². The third-order valence-corrected chi connectivity index (χ3v) is 7.25. The minimum Gasteiger partial charge on any atom is -0.489 e. The number of hydrogen-bond acceptors (Lipinski definition) is 8. The summed E-state index contributed by atoms with van der Waals surface area (Å²) in [6.45, 7) is 2.45. The van der Waals surface area contributed by atoms with Crippen LogP contribution in [0.3, 0.4) is 0 Å². The Labute approximate surface area is 259 Å². The van der Waals surface area contributed by atoms with E-state index in [1.165, 1.54) is 18.3 Å². The molecule has 1 amide bonds. The second kappa shape index (κ2) is 14.7. The number of amides is 1. The van der Waals surface area contributed by atoms with Crippen LogP contribution in [0.15, 0.2) is 72.4 Å². The normalized spacial score (nSPS) is 12.8. The fourth-order valence-electron chi connectivity index (χ4n) is 4.77. The van der Waals surface area contributed by atoms with E-state index in [0.29, 0.717) is 62.2 Å². The Kier molecular flexibility index (Phi) is 10.2. The Bertz CT molecular complexity index is 1730. The summed E-state index contributed by atoms with van der Waals surface area (Å²) in [4.78, 5) is 17.5. The van der Waals surface area contributed by atoms with E-state index in [2.05, 4.69) is 27.0 Å². The Balaban J connectivity index is 1.44. The number of rotatable bonds is 11. The molecule has 3 aromatic carbocycles. The van der Waals surface area contributed by atoms with Gasteiger partial charge in [0.1, 0.15) is 36.6 Å². The SMILES string of the molecule is COCCOc1cc2ncc(C#N)c(Nc3ccc(OCc4cccc(F)c4)c(Cl)c3)c2cc1NC(=O)C=C1CCNCC1. The highest BCUT2D eigenvalue weighted by Gasteiger charge is 2.17. The second-order valence-electron chi connectivity index (χ2n) is 10.1. The van der Waals surface area contributed by atoms with Gasteiger partial charge in [-0.25, -0.2) is 4.39 Å². The van der Waals surface area contributed by atoms with Gasteiger partial charge < -0.3 is 30.2 Å². The third kappa shape index (κ3) is 7.82. The van der Waals surface area contributed by atoms with Gasteiger partial charge in [-0.05, 0) is 67.9 Å². The lowest BCUT2D eigenvalue weighted by molar-refractivity contribution is -0.112. The largest absolute Gasteiger partial charge is 0.489 e. The molecule has 1 aliphatic rings. The molecular weight excluding hydrogens is 585 g/mol. The average Bonchev–Trinajstić information content (AvgIpc) is 3.02. The molecule has 44 heavy (non-hydrogen) atoms. The van der Waals surface area contributed by atoms with E-state index in [0.717, 1.165) is 31.5 Å². The van der Waals surface area contributed by atoms with E-state index < -0.39 is 0 Å². The van der Waals surface area contributed by atoms with Crippen LogP contribution in [0.2, 0.25) is 5.02 Å². The topological polar surface area (TPSA) is 118 Å². The van der Waals surface area contributed by atoms with Gasteiger partial charge in [0.05, 0.1) is 34.1 Å². The Morgan fingerprint density at radius 3 is 2.70 bits per heavy atom. The van der Waals surface area contributed by atoms with Crippen LogP contribution in [0.25, 0.3) is 10.9 Å². The van der Waals surface area contributed by atoms with Gasteiger partial charge in [0.25, 0.3) is 0 Å². The fourth-order valence-corrected chi connectivity index (χ4v) is 5.00. The van der Waals surface area contributed by atoms with Gasteiger partial charge in [-0.1, -0.05) is 29.3 Å². The van der Waals surface area contributed by atoms with Crippen molar-refractivity contribution in [3.63, 3.8) is 0 Å². The fraction of sp³-hybridized carbons (Fsp3) is 0.242. The van der Waals surface area contributed by atoms with Crippen molar-refractivity contribution >= 4 is 45.5 Å². The molecule has 2 heterocycles. The van der Waals surface area contributed by atoms with Gasteiger partial charge in [0, 0.05) is 36.5 Å². The molecule has 5 rings (SSSR count). The molecule has 3 N–H and O–H groups in total. The van der Waals surface area contributed by atoms with Crippen LogP contribution in [-0.4, -0.2) is 44.3 Å². The van der Waals surface area contributed by atoms with Crippen LogP contribution in [0.1, 0.15) is 24.0 Å². The first-order valence-electron chi connectivity index (χ1n) is 14.1. The van der Waals surface area contributed by atoms with Crippen LogP contribution in [0.4, 0.5) is 21.5 Å². The second-order valence-corrected chi connectivity index (χ2v) is 10.5. The predicted octanol–water partition coefficient (Wildman–Crippen LogP) is 6.50. The number of piperidine rings is 1. The molecule has 0 spiro atoms. The zero-order valence-electron chi connectivity index (χ0n) is 24.1. The monoisotopic (exact) mass is 615 g/mol. The van der Waals surface area contributed by atoms with Crippen LogP contribution >= 0.6 is 11.6 Å². The van der Waals surface area contributed by atoms with Gasteiger partial charge in [-0.15, -0.1) is 0 Å². The van der Waals surface area contributed by atoms with E-state index >= 15 is 0 Å². The molecule has 226 valence electrons. The van der Waals surface area contributed by atoms with Crippen molar-refractivity contribution in [3.8, 4) is 17.6 Å². The summed E-state index contributed by atoms with van der Waals surface area (Å²) in [5, 5.41) is 20.4. The molecule has 0 bridgehead atoms. The van der Waals surface area contributed by atoms with Crippen molar-refractivity contribution in [2.75, 3.05) is 44.0 Å². The third-order valence-electron chi connectivity index (χ3n) is 6.96. The molecule has 0 radical (unpaired) electrons. The van der Waals surface area contributed by atoms with Gasteiger partial charge in [-0.3, -0.25) is 9.78 Å². The van der Waals surface area contributed by atoms with Crippen molar-refractivity contribution in [1.29, 1.82) is 5.26 Å². The van der Waals surface area contributed by atoms with E-state index in [9.17, 15) is 14.4 Å². The number of ether oxygens (including phenoxy) is 3. The first-order valence-corrected chi connectivity index (χ1v) is 14.4. The Morgan fingerprint density at radius 2 is 1.95 bits per heavy atom. The van der Waals surface area contributed by atoms with E-state index in [1.807, 2.05) is 0 Å². The molecule has 1 aliphatic heterocycles. The van der Waals surface area contributed by atoms with Gasteiger partial charge in [0.15, 0.2) is 0 Å². The summed E-state index contributed by atoms with van der Waals surface area (Å²) in [7, 11) is 1.58. The number of anilines is 3. The molecule has 0 unspecified atom stereocenters. The lowest BCUT2D eigenvalue weighted by atomic mass is 10.0. The van der Waals surface area contributed by atoms with Crippen molar-refractivity contribution in [1.82, 2.24) is 10.3 Å². The standard InChI is InChI=1S/C33H31ClFN5O4/c1-42-11-12-43-31-17-28-26(16-29(31)40-32(41)14-21-7-9-37-10-8-21)33(23(18-36)19-38-28)39-25-5-6-30(27(34)15-25)44-20-22-3-2-4-24(35)13-22/h2-6,13-17,19,37H,7-12,20H2,1H3,(H,38,39)(H,40,41). The maximum absolute atomic E-state index is 13.5. The molecule has 0 aliphatic carbocycles. The number of carbonyl (C=O) groups is 1. The Hall–Kier alpha value is -4.69. The first kappa shape index (κ1) is 30.8. The van der Waals surface area contributed by atoms with Crippen molar-refractivity contribution in [3.05, 3.63) is 94.4 Å². The molecule has 11 heteroatoms. The van der Waals surface area contributed by atoms with Crippen LogP contribution < -0.4 is 25.4 Å². The molecule has 1 fully saturated rings. The number of aromatic nitrogens is 1. The zero-order chi connectivity index (χ0) is 30.9. The molecule has 9 nitrogen and oxygen atoms in total. The van der Waals surface area contributed by atoms with E-state index in [1.54, 1.807) is 55.7 Å². The van der Waals surface area contributed by atoms with Crippen LogP contribution in [-0.2, 0) is 16.1 Å². The summed E-state index contributed by atoms with van der Waals surface area (Å²) in [5.41, 5.74) is 4.10. The first-order chi connectivity index (χ1) is 21.4. The smallest absolute Gasteiger partial charge is 0.248 e. The van der Waals surface area contributed by atoms with E-state index in [-0.39, 0.29) is 24.9 Å². The minimum atomic E-state index is -0.343. The van der Waals surface area contributed by atoms with Crippen molar-refractivity contribution in [2.45, 2.75) is 19.4 Å². The van der Waals surface area contributed by atoms with Crippen LogP contribution in [0.5, 0.6) is 11.5 Å². The number of nitrogens with zero attached hydrogens (tertiary/aromatic N) is 2. The summed E-state index contributed by atoms with van der Waals surface area (Å²) >= 11 is 6.53. The number of fused-ring (bicyclic) bond motifs is 1. The highest BCUT2D eigenvalue weighted by atomic mass is 35.5. The maximum atomic E-state index is 13.5. The zero-order valence-corrected chi connectivity index (χ0v) is 24.8. The number of nitrogens with one attached hydrogen (secondary N) is 3. The highest BCUT2D eigenvalue weighted by Crippen LogP contribution is 2.37. The van der Waals surface area contributed by atoms with Gasteiger partial charge in [-0.2, -0.15) is 5.26 Å². The summed E-state index contributed by atoms with van der Waals surface area (Å²) in [6.07, 6.45) is 4.72. The average molecular weight is 616 g/mol. The van der Waals surface area contributed by atoms with Crippen molar-refractivity contribution < 1.29 is 23.4 Å². The molecule has 4 aromatic rings. The summed E-state index contributed by atoms with van der Waals surface area (Å²) in [5.74, 6) is 0.243. The molecular formula is C33H31ClFN5O4. The number of benzene rings is 3. The summed E-state index contributed by atoms with van der Waals surface area (Å²) < 4.78 is 30.4. The quantitative estimate of drug-likeness (QED) is 0.129. The minimum absolute atomic E-state index is 0.148. The van der Waals surface area contributed by atoms with Gasteiger partial charge in [0.2, 0.25) is 5.91 Å². The predicted molar refractivity (Wildman–Crippen MR) is 168 cm³/mol. The number of carbonyl (C=O) groups excluding carboxylic acids is 1. The highest BCUT2D eigenvalue weighted by molar-refractivity contribution is 6.32. The maximum Gasteiger partial charge on any atom is 0.248 e. The molecule has 1 aromatic heterocycles. The molecule has 1 saturated heterocycles. The number of halogens is 2. The lowest BCUT2D eigenvalue weighted by Crippen LogP contribution is -2.24. The van der Waals surface area contributed by atoms with Crippen molar-refractivity contribution in [2.24, 2.45) is 0 Å². The molecule has 0 atom stereocenters. The Morgan fingerprint density at radius 1 is 1.11 bits per heavy atom. The number of pyridine rings is 1. The molecule has 0 saturated carbocycles.